The standard InChI is InChI=1S/C24H44O/c1-23(2,18-11-7-5-8-12-18)20-15-16-22(25)21(17-20)24(3,4)19-13-9-6-10-14-19/h18-22,25H,5-17H2,1-4H3. The summed E-state index contributed by atoms with van der Waals surface area (Å²) in [7, 11) is 0. The first-order valence-electron chi connectivity index (χ1n) is 11.5. The maximum Gasteiger partial charge on any atom is 0.0573 e. The molecule has 0 spiro atoms. The summed E-state index contributed by atoms with van der Waals surface area (Å²) < 4.78 is 0. The zero-order valence-electron chi connectivity index (χ0n) is 17.5. The zero-order valence-corrected chi connectivity index (χ0v) is 17.5. The largest absolute Gasteiger partial charge is 0.393 e. The van der Waals surface area contributed by atoms with Crippen molar-refractivity contribution in [1.82, 2.24) is 0 Å². The first-order valence-corrected chi connectivity index (χ1v) is 11.5. The van der Waals surface area contributed by atoms with E-state index >= 15 is 0 Å². The quantitative estimate of drug-likeness (QED) is 0.581. The second-order valence-electron chi connectivity index (χ2n) is 11.0. The third kappa shape index (κ3) is 4.12. The Labute approximate surface area is 157 Å². The van der Waals surface area contributed by atoms with Crippen LogP contribution in [0.5, 0.6) is 0 Å². The summed E-state index contributed by atoms with van der Waals surface area (Å²) >= 11 is 0. The molecule has 0 amide bonds. The third-order valence-electron chi connectivity index (χ3n) is 9.14. The van der Waals surface area contributed by atoms with Crippen LogP contribution >= 0.6 is 0 Å². The van der Waals surface area contributed by atoms with E-state index < -0.39 is 0 Å². The molecule has 0 aromatic carbocycles. The molecule has 3 saturated carbocycles. The van der Waals surface area contributed by atoms with Gasteiger partial charge in [0.1, 0.15) is 0 Å². The van der Waals surface area contributed by atoms with Crippen molar-refractivity contribution in [3.05, 3.63) is 0 Å². The molecule has 3 rings (SSSR count). The van der Waals surface area contributed by atoms with Crippen LogP contribution in [0.1, 0.15) is 111 Å². The van der Waals surface area contributed by atoms with Crippen molar-refractivity contribution >= 4 is 0 Å². The van der Waals surface area contributed by atoms with Gasteiger partial charge in [-0.1, -0.05) is 66.2 Å². The van der Waals surface area contributed by atoms with Crippen LogP contribution in [0.3, 0.4) is 0 Å². The lowest BCUT2D eigenvalue weighted by atomic mass is 9.54. The minimum Gasteiger partial charge on any atom is -0.393 e. The van der Waals surface area contributed by atoms with Crippen LogP contribution in [0, 0.1) is 34.5 Å². The SMILES string of the molecule is CC(C)(C1CCCCC1)C1CCC(O)C(C(C)(C)C2CCCCC2)C1. The Morgan fingerprint density at radius 2 is 1.04 bits per heavy atom. The van der Waals surface area contributed by atoms with E-state index in [1.807, 2.05) is 0 Å². The van der Waals surface area contributed by atoms with Gasteiger partial charge in [-0.05, 0) is 79.4 Å². The van der Waals surface area contributed by atoms with Gasteiger partial charge in [0, 0.05) is 0 Å². The Morgan fingerprint density at radius 3 is 1.56 bits per heavy atom. The van der Waals surface area contributed by atoms with Crippen LogP contribution in [-0.2, 0) is 0 Å². The molecule has 1 N–H and O–H groups in total. The first kappa shape index (κ1) is 19.7. The van der Waals surface area contributed by atoms with Gasteiger partial charge in [0.25, 0.3) is 0 Å². The van der Waals surface area contributed by atoms with Gasteiger partial charge in [0.15, 0.2) is 0 Å². The lowest BCUT2D eigenvalue weighted by molar-refractivity contribution is -0.0760. The van der Waals surface area contributed by atoms with Crippen molar-refractivity contribution < 1.29 is 5.11 Å². The maximum absolute atomic E-state index is 10.9. The van der Waals surface area contributed by atoms with E-state index in [-0.39, 0.29) is 6.10 Å². The van der Waals surface area contributed by atoms with Crippen molar-refractivity contribution in [2.24, 2.45) is 34.5 Å². The Bertz CT molecular complexity index is 412. The fourth-order valence-corrected chi connectivity index (χ4v) is 6.96. The molecule has 3 fully saturated rings. The monoisotopic (exact) mass is 348 g/mol. The van der Waals surface area contributed by atoms with Crippen LogP contribution in [-0.4, -0.2) is 11.2 Å². The highest BCUT2D eigenvalue weighted by molar-refractivity contribution is 4.97. The second kappa shape index (κ2) is 7.91. The number of hydrogen-bond donors (Lipinski definition) is 1. The molecular weight excluding hydrogens is 304 g/mol. The number of rotatable bonds is 4. The van der Waals surface area contributed by atoms with Crippen molar-refractivity contribution in [1.29, 1.82) is 0 Å². The van der Waals surface area contributed by atoms with Crippen molar-refractivity contribution in [3.8, 4) is 0 Å². The fourth-order valence-electron chi connectivity index (χ4n) is 6.96. The highest BCUT2D eigenvalue weighted by atomic mass is 16.3. The summed E-state index contributed by atoms with van der Waals surface area (Å²) in [6.45, 7) is 10.1. The van der Waals surface area contributed by atoms with E-state index in [2.05, 4.69) is 27.7 Å². The summed E-state index contributed by atoms with van der Waals surface area (Å²) in [5.74, 6) is 3.07. The molecule has 3 unspecified atom stereocenters. The Balaban J connectivity index is 1.71. The minimum absolute atomic E-state index is 0.0599. The Morgan fingerprint density at radius 1 is 0.560 bits per heavy atom. The van der Waals surface area contributed by atoms with Crippen LogP contribution in [0.25, 0.3) is 0 Å². The summed E-state index contributed by atoms with van der Waals surface area (Å²) in [6.07, 6.45) is 17.8. The molecule has 3 aliphatic carbocycles. The van der Waals surface area contributed by atoms with E-state index in [9.17, 15) is 5.11 Å². The average molecular weight is 349 g/mol. The maximum atomic E-state index is 10.9. The highest BCUT2D eigenvalue weighted by Crippen LogP contribution is 2.54. The lowest BCUT2D eigenvalue weighted by Gasteiger charge is -2.52. The van der Waals surface area contributed by atoms with Gasteiger partial charge in [-0.15, -0.1) is 0 Å². The van der Waals surface area contributed by atoms with Gasteiger partial charge in [-0.2, -0.15) is 0 Å². The predicted octanol–water partition coefficient (Wildman–Crippen LogP) is 6.98. The van der Waals surface area contributed by atoms with Crippen molar-refractivity contribution in [2.45, 2.75) is 117 Å². The van der Waals surface area contributed by atoms with Crippen LogP contribution in [0.15, 0.2) is 0 Å². The predicted molar refractivity (Wildman–Crippen MR) is 108 cm³/mol. The first-order chi connectivity index (χ1) is 11.8. The Hall–Kier alpha value is -0.0400. The summed E-state index contributed by atoms with van der Waals surface area (Å²) in [4.78, 5) is 0. The average Bonchev–Trinajstić information content (AvgIpc) is 2.63. The fraction of sp³-hybridized carbons (Fsp3) is 1.00. The van der Waals surface area contributed by atoms with Gasteiger partial charge in [-0.3, -0.25) is 0 Å². The van der Waals surface area contributed by atoms with E-state index in [4.69, 9.17) is 0 Å². The van der Waals surface area contributed by atoms with Crippen molar-refractivity contribution in [3.63, 3.8) is 0 Å². The molecule has 146 valence electrons. The van der Waals surface area contributed by atoms with Crippen LogP contribution < -0.4 is 0 Å². The number of hydrogen-bond acceptors (Lipinski definition) is 1. The molecule has 0 radical (unpaired) electrons. The molecule has 0 heterocycles. The number of aliphatic hydroxyl groups excluding tert-OH is 1. The molecular formula is C24H44O. The van der Waals surface area contributed by atoms with E-state index in [1.165, 1.54) is 77.0 Å². The topological polar surface area (TPSA) is 20.2 Å². The summed E-state index contributed by atoms with van der Waals surface area (Å²) in [6, 6.07) is 0. The van der Waals surface area contributed by atoms with E-state index in [1.54, 1.807) is 0 Å². The molecule has 1 nitrogen and oxygen atoms in total. The minimum atomic E-state index is -0.0599. The molecule has 3 aliphatic rings. The molecule has 0 saturated heterocycles. The molecule has 25 heavy (non-hydrogen) atoms. The highest BCUT2D eigenvalue weighted by Gasteiger charge is 2.48. The second-order valence-corrected chi connectivity index (χ2v) is 11.0. The van der Waals surface area contributed by atoms with Crippen molar-refractivity contribution in [2.75, 3.05) is 0 Å². The molecule has 0 aromatic rings. The normalized spacial score (nSPS) is 34.2. The van der Waals surface area contributed by atoms with Gasteiger partial charge < -0.3 is 5.11 Å². The zero-order chi connectivity index (χ0) is 18.1. The molecule has 0 bridgehead atoms. The molecule has 1 heteroatoms. The van der Waals surface area contributed by atoms with E-state index in [0.717, 1.165) is 24.2 Å². The van der Waals surface area contributed by atoms with Gasteiger partial charge in [0.05, 0.1) is 6.10 Å². The van der Waals surface area contributed by atoms with Crippen LogP contribution in [0.4, 0.5) is 0 Å². The number of aliphatic hydroxyl groups is 1. The Kier molecular flexibility index (Phi) is 6.24. The van der Waals surface area contributed by atoms with Crippen LogP contribution in [0.2, 0.25) is 0 Å². The smallest absolute Gasteiger partial charge is 0.0573 e. The lowest BCUT2D eigenvalue weighted by Crippen LogP contribution is -2.47. The summed E-state index contributed by atoms with van der Waals surface area (Å²) in [5, 5.41) is 10.9. The molecule has 0 aromatic heterocycles. The molecule has 0 aliphatic heterocycles. The molecule has 3 atom stereocenters. The van der Waals surface area contributed by atoms with Gasteiger partial charge >= 0.3 is 0 Å². The van der Waals surface area contributed by atoms with Gasteiger partial charge in [-0.25, -0.2) is 0 Å². The summed E-state index contributed by atoms with van der Waals surface area (Å²) in [5.41, 5.74) is 0.766. The van der Waals surface area contributed by atoms with Gasteiger partial charge in [0.2, 0.25) is 0 Å². The third-order valence-corrected chi connectivity index (χ3v) is 9.14. The van der Waals surface area contributed by atoms with E-state index in [0.29, 0.717) is 16.7 Å².